The van der Waals surface area contributed by atoms with Crippen LogP contribution in [0.5, 0.6) is 11.5 Å². The summed E-state index contributed by atoms with van der Waals surface area (Å²) in [4.78, 5) is 25.0. The van der Waals surface area contributed by atoms with Crippen molar-refractivity contribution in [2.45, 2.75) is 24.7 Å². The zero-order valence-corrected chi connectivity index (χ0v) is 19.6. The summed E-state index contributed by atoms with van der Waals surface area (Å²) < 4.78 is 37.7. The number of methoxy groups -OCH3 is 1. The van der Waals surface area contributed by atoms with E-state index in [9.17, 15) is 18.0 Å². The molecule has 0 saturated carbocycles. The van der Waals surface area contributed by atoms with Gasteiger partial charge in [0, 0.05) is 18.8 Å². The predicted molar refractivity (Wildman–Crippen MR) is 124 cm³/mol. The summed E-state index contributed by atoms with van der Waals surface area (Å²) in [7, 11) is -2.22. The molecule has 0 aromatic heterocycles. The van der Waals surface area contributed by atoms with Crippen LogP contribution < -0.4 is 20.1 Å². The average Bonchev–Trinajstić information content (AvgIpc) is 2.84. The van der Waals surface area contributed by atoms with Crippen LogP contribution in [0.1, 0.15) is 19.8 Å². The van der Waals surface area contributed by atoms with Gasteiger partial charge in [0.1, 0.15) is 11.5 Å². The Bertz CT molecular complexity index is 1050. The summed E-state index contributed by atoms with van der Waals surface area (Å²) in [5, 5.41) is 5.32. The van der Waals surface area contributed by atoms with Gasteiger partial charge in [-0.25, -0.2) is 8.42 Å². The van der Waals surface area contributed by atoms with E-state index in [1.54, 1.807) is 36.4 Å². The number of nitrogens with one attached hydrogen (secondary N) is 2. The molecular weight excluding hydrogens is 446 g/mol. The molecule has 1 aliphatic heterocycles. The summed E-state index contributed by atoms with van der Waals surface area (Å²) in [6.07, 6.45) is 1.12. The highest BCUT2D eigenvalue weighted by atomic mass is 32.2. The molecule has 2 amide bonds. The Labute approximate surface area is 194 Å². The van der Waals surface area contributed by atoms with Crippen LogP contribution >= 0.6 is 0 Å². The Morgan fingerprint density at radius 1 is 1.06 bits per heavy atom. The number of anilines is 1. The Morgan fingerprint density at radius 2 is 1.73 bits per heavy atom. The quantitative estimate of drug-likeness (QED) is 0.575. The predicted octanol–water partition coefficient (Wildman–Crippen LogP) is 2.25. The number of carbonyl (C=O) groups excluding carboxylic acids is 2. The highest BCUT2D eigenvalue weighted by Gasteiger charge is 2.33. The van der Waals surface area contributed by atoms with Gasteiger partial charge in [-0.2, -0.15) is 4.31 Å². The van der Waals surface area contributed by atoms with E-state index in [4.69, 9.17) is 9.47 Å². The van der Waals surface area contributed by atoms with Gasteiger partial charge in [-0.05, 0) is 68.3 Å². The van der Waals surface area contributed by atoms with Crippen molar-refractivity contribution in [2.24, 2.45) is 5.92 Å². The topological polar surface area (TPSA) is 114 Å². The second-order valence-corrected chi connectivity index (χ2v) is 9.54. The van der Waals surface area contributed by atoms with Crippen LogP contribution in [0.3, 0.4) is 0 Å². The molecule has 2 aromatic carbocycles. The van der Waals surface area contributed by atoms with Crippen LogP contribution in [0.15, 0.2) is 53.4 Å². The lowest BCUT2D eigenvalue weighted by atomic mass is 9.99. The SMILES string of the molecule is CCOc1ccc(NC(=O)CNC(=O)C2CCCN(S(=O)(=O)c3ccc(OC)cc3)C2)cc1. The fourth-order valence-corrected chi connectivity index (χ4v) is 5.11. The minimum Gasteiger partial charge on any atom is -0.497 e. The van der Waals surface area contributed by atoms with Crippen LogP contribution in [-0.4, -0.2) is 57.9 Å². The maximum Gasteiger partial charge on any atom is 0.243 e. The summed E-state index contributed by atoms with van der Waals surface area (Å²) in [5.74, 6) is 0.0335. The monoisotopic (exact) mass is 475 g/mol. The van der Waals surface area contributed by atoms with E-state index in [0.29, 0.717) is 43.2 Å². The molecule has 1 fully saturated rings. The Hall–Kier alpha value is -3.11. The van der Waals surface area contributed by atoms with Crippen molar-refractivity contribution in [3.05, 3.63) is 48.5 Å². The van der Waals surface area contributed by atoms with E-state index < -0.39 is 15.9 Å². The molecule has 33 heavy (non-hydrogen) atoms. The largest absolute Gasteiger partial charge is 0.497 e. The van der Waals surface area contributed by atoms with Gasteiger partial charge in [0.25, 0.3) is 0 Å². The van der Waals surface area contributed by atoms with Gasteiger partial charge in [-0.1, -0.05) is 0 Å². The molecule has 0 radical (unpaired) electrons. The second-order valence-electron chi connectivity index (χ2n) is 7.60. The molecule has 2 N–H and O–H groups in total. The van der Waals surface area contributed by atoms with E-state index in [1.807, 2.05) is 6.92 Å². The second kappa shape index (κ2) is 11.2. The highest BCUT2D eigenvalue weighted by molar-refractivity contribution is 7.89. The Balaban J connectivity index is 1.53. The third kappa shape index (κ3) is 6.45. The fraction of sp³-hybridized carbons (Fsp3) is 0.391. The summed E-state index contributed by atoms with van der Waals surface area (Å²) >= 11 is 0. The first-order valence-corrected chi connectivity index (χ1v) is 12.2. The van der Waals surface area contributed by atoms with Gasteiger partial charge in [-0.15, -0.1) is 0 Å². The molecular formula is C23H29N3O6S. The van der Waals surface area contributed by atoms with Crippen LogP contribution in [-0.2, 0) is 19.6 Å². The molecule has 10 heteroatoms. The normalized spacial score (nSPS) is 16.6. The molecule has 3 rings (SSSR count). The van der Waals surface area contributed by atoms with Gasteiger partial charge in [0.15, 0.2) is 0 Å². The van der Waals surface area contributed by atoms with Crippen molar-refractivity contribution in [2.75, 3.05) is 38.7 Å². The third-order valence-corrected chi connectivity index (χ3v) is 7.20. The first-order valence-electron chi connectivity index (χ1n) is 10.8. The maximum absolute atomic E-state index is 13.0. The minimum atomic E-state index is -3.72. The molecule has 1 saturated heterocycles. The van der Waals surface area contributed by atoms with Crippen molar-refractivity contribution >= 4 is 27.5 Å². The highest BCUT2D eigenvalue weighted by Crippen LogP contribution is 2.25. The lowest BCUT2D eigenvalue weighted by Crippen LogP contribution is -2.46. The van der Waals surface area contributed by atoms with Crippen molar-refractivity contribution in [1.82, 2.24) is 9.62 Å². The lowest BCUT2D eigenvalue weighted by molar-refractivity contribution is -0.128. The standard InChI is InChI=1S/C23H29N3O6S/c1-3-32-20-8-6-18(7-9-20)25-22(27)15-24-23(28)17-5-4-14-26(16-17)33(29,30)21-12-10-19(31-2)11-13-21/h6-13,17H,3-5,14-16H2,1-2H3,(H,24,28)(H,25,27). The number of sulfonamides is 1. The average molecular weight is 476 g/mol. The van der Waals surface area contributed by atoms with E-state index in [1.165, 1.54) is 23.5 Å². The van der Waals surface area contributed by atoms with Crippen molar-refractivity contribution < 1.29 is 27.5 Å². The van der Waals surface area contributed by atoms with Crippen LogP contribution in [0.2, 0.25) is 0 Å². The first-order chi connectivity index (χ1) is 15.8. The van der Waals surface area contributed by atoms with E-state index >= 15 is 0 Å². The van der Waals surface area contributed by atoms with E-state index in [0.717, 1.165) is 0 Å². The Morgan fingerprint density at radius 3 is 2.36 bits per heavy atom. The molecule has 0 aliphatic carbocycles. The molecule has 0 spiro atoms. The molecule has 9 nitrogen and oxygen atoms in total. The summed E-state index contributed by atoms with van der Waals surface area (Å²) in [5.41, 5.74) is 0.590. The number of hydrogen-bond donors (Lipinski definition) is 2. The molecule has 2 aromatic rings. The molecule has 1 atom stereocenters. The molecule has 178 valence electrons. The first kappa shape index (κ1) is 24.5. The smallest absolute Gasteiger partial charge is 0.243 e. The van der Waals surface area contributed by atoms with Crippen molar-refractivity contribution in [1.29, 1.82) is 0 Å². The van der Waals surface area contributed by atoms with Crippen LogP contribution in [0, 0.1) is 5.92 Å². The maximum atomic E-state index is 13.0. The number of benzene rings is 2. The number of rotatable bonds is 9. The summed E-state index contributed by atoms with van der Waals surface area (Å²) in [6, 6.07) is 13.1. The van der Waals surface area contributed by atoms with Gasteiger partial charge < -0.3 is 20.1 Å². The molecule has 1 unspecified atom stereocenters. The van der Waals surface area contributed by atoms with E-state index in [-0.39, 0.29) is 29.8 Å². The van der Waals surface area contributed by atoms with E-state index in [2.05, 4.69) is 10.6 Å². The number of amides is 2. The molecule has 0 bridgehead atoms. The Kier molecular flexibility index (Phi) is 8.29. The van der Waals surface area contributed by atoms with Crippen molar-refractivity contribution in [3.8, 4) is 11.5 Å². The van der Waals surface area contributed by atoms with Gasteiger partial charge in [0.05, 0.1) is 31.1 Å². The van der Waals surface area contributed by atoms with Gasteiger partial charge in [-0.3, -0.25) is 9.59 Å². The zero-order valence-electron chi connectivity index (χ0n) is 18.7. The number of hydrogen-bond acceptors (Lipinski definition) is 6. The fourth-order valence-electron chi connectivity index (χ4n) is 3.59. The van der Waals surface area contributed by atoms with Crippen LogP contribution in [0.4, 0.5) is 5.69 Å². The number of nitrogens with zero attached hydrogens (tertiary/aromatic N) is 1. The van der Waals surface area contributed by atoms with Crippen LogP contribution in [0.25, 0.3) is 0 Å². The zero-order chi connectivity index (χ0) is 23.8. The third-order valence-electron chi connectivity index (χ3n) is 5.32. The molecule has 1 aliphatic rings. The van der Waals surface area contributed by atoms with Gasteiger partial charge in [0.2, 0.25) is 21.8 Å². The minimum absolute atomic E-state index is 0.0701. The number of piperidine rings is 1. The molecule has 1 heterocycles. The number of carbonyl (C=O) groups is 2. The van der Waals surface area contributed by atoms with Crippen molar-refractivity contribution in [3.63, 3.8) is 0 Å². The van der Waals surface area contributed by atoms with Gasteiger partial charge >= 0.3 is 0 Å². The summed E-state index contributed by atoms with van der Waals surface area (Å²) in [6.45, 7) is 2.65. The lowest BCUT2D eigenvalue weighted by Gasteiger charge is -2.31. The number of ether oxygens (including phenoxy) is 2.